The van der Waals surface area contributed by atoms with E-state index in [1.807, 2.05) is 11.9 Å². The van der Waals surface area contributed by atoms with Gasteiger partial charge in [0.1, 0.15) is 0 Å². The van der Waals surface area contributed by atoms with Crippen molar-refractivity contribution in [1.29, 1.82) is 0 Å². The van der Waals surface area contributed by atoms with Crippen LogP contribution in [0.4, 0.5) is 0 Å². The minimum Gasteiger partial charge on any atom is -0.341 e. The molecule has 4 heteroatoms. The lowest BCUT2D eigenvalue weighted by Crippen LogP contribution is -2.34. The molecule has 1 N–H and O–H groups in total. The van der Waals surface area contributed by atoms with Crippen LogP contribution in [0, 0.1) is 5.92 Å². The van der Waals surface area contributed by atoms with Gasteiger partial charge in [-0.3, -0.25) is 4.79 Å². The zero-order valence-electron chi connectivity index (χ0n) is 10.3. The Morgan fingerprint density at radius 3 is 3.18 bits per heavy atom. The predicted molar refractivity (Wildman–Crippen MR) is 71.0 cm³/mol. The van der Waals surface area contributed by atoms with Gasteiger partial charge in [0.2, 0.25) is 5.91 Å². The van der Waals surface area contributed by atoms with E-state index in [-0.39, 0.29) is 5.91 Å². The molecule has 1 fully saturated rings. The highest BCUT2D eigenvalue weighted by atomic mass is 32.1. The molecular formula is C13H20N2OS. The Bertz CT molecular complexity index is 344. The van der Waals surface area contributed by atoms with Crippen LogP contribution in [-0.2, 0) is 11.3 Å². The Labute approximate surface area is 107 Å². The average molecular weight is 252 g/mol. The fourth-order valence-corrected chi connectivity index (χ4v) is 2.91. The zero-order valence-corrected chi connectivity index (χ0v) is 11.1. The molecule has 1 aromatic rings. The third-order valence-electron chi connectivity index (χ3n) is 3.29. The van der Waals surface area contributed by atoms with Crippen molar-refractivity contribution in [1.82, 2.24) is 10.2 Å². The molecule has 0 bridgehead atoms. The van der Waals surface area contributed by atoms with Gasteiger partial charge in [-0.15, -0.1) is 0 Å². The molecule has 1 saturated heterocycles. The lowest BCUT2D eigenvalue weighted by molar-refractivity contribution is -0.131. The summed E-state index contributed by atoms with van der Waals surface area (Å²) in [5.74, 6) is 0.797. The Morgan fingerprint density at radius 2 is 2.53 bits per heavy atom. The Balaban J connectivity index is 1.78. The maximum Gasteiger partial charge on any atom is 0.222 e. The number of amides is 1. The van der Waals surface area contributed by atoms with Crippen LogP contribution in [0.25, 0.3) is 0 Å². The van der Waals surface area contributed by atoms with Gasteiger partial charge in [-0.1, -0.05) is 0 Å². The minimum absolute atomic E-state index is 0.268. The van der Waals surface area contributed by atoms with Crippen molar-refractivity contribution in [3.63, 3.8) is 0 Å². The van der Waals surface area contributed by atoms with Gasteiger partial charge in [0.25, 0.3) is 0 Å². The van der Waals surface area contributed by atoms with E-state index in [0.717, 1.165) is 19.6 Å². The van der Waals surface area contributed by atoms with Gasteiger partial charge in [-0.05, 0) is 54.2 Å². The standard InChI is InChI=1S/C13H20N2OS/c1-15(9-12-4-6-17-10-12)13(16)7-11-3-2-5-14-8-11/h4,6,10-11,14H,2-3,5,7-9H2,1H3. The highest BCUT2D eigenvalue weighted by molar-refractivity contribution is 7.07. The Kier molecular flexibility index (Phi) is 4.57. The first-order chi connectivity index (χ1) is 8.25. The molecule has 3 nitrogen and oxygen atoms in total. The predicted octanol–water partition coefficient (Wildman–Crippen LogP) is 2.10. The van der Waals surface area contributed by atoms with Crippen LogP contribution in [0.2, 0.25) is 0 Å². The van der Waals surface area contributed by atoms with Gasteiger partial charge < -0.3 is 10.2 Å². The molecule has 0 saturated carbocycles. The maximum absolute atomic E-state index is 12.0. The van der Waals surface area contributed by atoms with E-state index in [0.29, 0.717) is 12.3 Å². The van der Waals surface area contributed by atoms with Crippen molar-refractivity contribution in [2.24, 2.45) is 5.92 Å². The highest BCUT2D eigenvalue weighted by Crippen LogP contribution is 2.16. The number of nitrogens with zero attached hydrogens (tertiary/aromatic N) is 1. The second-order valence-corrected chi connectivity index (χ2v) is 5.58. The fourth-order valence-electron chi connectivity index (χ4n) is 2.25. The van der Waals surface area contributed by atoms with Crippen LogP contribution in [0.5, 0.6) is 0 Å². The molecule has 0 aromatic carbocycles. The summed E-state index contributed by atoms with van der Waals surface area (Å²) in [6.45, 7) is 2.84. The zero-order chi connectivity index (χ0) is 12.1. The van der Waals surface area contributed by atoms with E-state index in [2.05, 4.69) is 22.1 Å². The summed E-state index contributed by atoms with van der Waals surface area (Å²) in [4.78, 5) is 13.9. The molecule has 0 aliphatic carbocycles. The first-order valence-corrected chi connectivity index (χ1v) is 7.16. The number of nitrogens with one attached hydrogen (secondary N) is 1. The summed E-state index contributed by atoms with van der Waals surface area (Å²) in [6, 6.07) is 2.08. The third kappa shape index (κ3) is 3.82. The number of thiophene rings is 1. The number of rotatable bonds is 4. The molecule has 94 valence electrons. The average Bonchev–Trinajstić information content (AvgIpc) is 2.83. The third-order valence-corrected chi connectivity index (χ3v) is 4.02. The van der Waals surface area contributed by atoms with Crippen molar-refractivity contribution < 1.29 is 4.79 Å². The molecule has 17 heavy (non-hydrogen) atoms. The maximum atomic E-state index is 12.0. The monoisotopic (exact) mass is 252 g/mol. The molecule has 1 amide bonds. The molecule has 2 rings (SSSR count). The van der Waals surface area contributed by atoms with E-state index in [4.69, 9.17) is 0 Å². The minimum atomic E-state index is 0.268. The van der Waals surface area contributed by atoms with Crippen molar-refractivity contribution in [2.75, 3.05) is 20.1 Å². The molecule has 0 radical (unpaired) electrons. The second kappa shape index (κ2) is 6.17. The molecule has 1 aliphatic heterocycles. The second-order valence-electron chi connectivity index (χ2n) is 4.80. The highest BCUT2D eigenvalue weighted by Gasteiger charge is 2.19. The van der Waals surface area contributed by atoms with Crippen LogP contribution >= 0.6 is 11.3 Å². The number of hydrogen-bond donors (Lipinski definition) is 1. The van der Waals surface area contributed by atoms with E-state index in [1.165, 1.54) is 18.4 Å². The number of carbonyl (C=O) groups excluding carboxylic acids is 1. The first kappa shape index (κ1) is 12.6. The van der Waals surface area contributed by atoms with Crippen LogP contribution in [0.15, 0.2) is 16.8 Å². The topological polar surface area (TPSA) is 32.3 Å². The van der Waals surface area contributed by atoms with Crippen molar-refractivity contribution in [3.8, 4) is 0 Å². The molecule has 1 atom stereocenters. The summed E-state index contributed by atoms with van der Waals surface area (Å²) in [6.07, 6.45) is 3.07. The van der Waals surface area contributed by atoms with Crippen LogP contribution < -0.4 is 5.32 Å². The summed E-state index contributed by atoms with van der Waals surface area (Å²) in [7, 11) is 1.90. The Morgan fingerprint density at radius 1 is 1.65 bits per heavy atom. The SMILES string of the molecule is CN(Cc1ccsc1)C(=O)CC1CCCNC1. The van der Waals surface area contributed by atoms with Crippen LogP contribution in [0.1, 0.15) is 24.8 Å². The molecule has 0 spiro atoms. The van der Waals surface area contributed by atoms with Gasteiger partial charge >= 0.3 is 0 Å². The lowest BCUT2D eigenvalue weighted by atomic mass is 9.95. The van der Waals surface area contributed by atoms with E-state index < -0.39 is 0 Å². The smallest absolute Gasteiger partial charge is 0.222 e. The largest absolute Gasteiger partial charge is 0.341 e. The summed E-state index contributed by atoms with van der Waals surface area (Å²) >= 11 is 1.68. The summed E-state index contributed by atoms with van der Waals surface area (Å²) < 4.78 is 0. The van der Waals surface area contributed by atoms with E-state index >= 15 is 0 Å². The van der Waals surface area contributed by atoms with Gasteiger partial charge in [0.15, 0.2) is 0 Å². The van der Waals surface area contributed by atoms with E-state index in [1.54, 1.807) is 11.3 Å². The van der Waals surface area contributed by atoms with Crippen LogP contribution in [0.3, 0.4) is 0 Å². The fraction of sp³-hybridized carbons (Fsp3) is 0.615. The summed E-state index contributed by atoms with van der Waals surface area (Å²) in [5, 5.41) is 7.51. The number of piperidine rings is 1. The quantitative estimate of drug-likeness (QED) is 0.890. The molecule has 1 aliphatic rings. The van der Waals surface area contributed by atoms with Gasteiger partial charge in [0, 0.05) is 20.0 Å². The van der Waals surface area contributed by atoms with Crippen molar-refractivity contribution in [3.05, 3.63) is 22.4 Å². The van der Waals surface area contributed by atoms with Crippen molar-refractivity contribution in [2.45, 2.75) is 25.8 Å². The molecule has 1 unspecified atom stereocenters. The molecule has 1 aromatic heterocycles. The van der Waals surface area contributed by atoms with Crippen molar-refractivity contribution >= 4 is 17.2 Å². The normalized spacial score (nSPS) is 20.2. The van der Waals surface area contributed by atoms with Gasteiger partial charge in [-0.25, -0.2) is 0 Å². The molecular weight excluding hydrogens is 232 g/mol. The van der Waals surface area contributed by atoms with E-state index in [9.17, 15) is 4.79 Å². The molecule has 2 heterocycles. The van der Waals surface area contributed by atoms with Gasteiger partial charge in [0.05, 0.1) is 0 Å². The summed E-state index contributed by atoms with van der Waals surface area (Å²) in [5.41, 5.74) is 1.23. The van der Waals surface area contributed by atoms with Gasteiger partial charge in [-0.2, -0.15) is 11.3 Å². The lowest BCUT2D eigenvalue weighted by Gasteiger charge is -2.24. The number of carbonyl (C=O) groups is 1. The Hall–Kier alpha value is -0.870. The first-order valence-electron chi connectivity index (χ1n) is 6.21. The van der Waals surface area contributed by atoms with Crippen LogP contribution in [-0.4, -0.2) is 30.9 Å². The number of hydrogen-bond acceptors (Lipinski definition) is 3.